The Morgan fingerprint density at radius 1 is 0.941 bits per heavy atom. The molecule has 4 aromatic rings. The molecule has 2 fully saturated rings. The number of hydrogen-bond donors (Lipinski definition) is 2. The Morgan fingerprint density at radius 2 is 1.55 bits per heavy atom. The fraction of sp³-hybridized carbons (Fsp3) is 0.385. The minimum Gasteiger partial charge on any atom is -0.345 e. The van der Waals surface area contributed by atoms with E-state index in [1.165, 1.54) is 12.1 Å². The molecule has 0 bridgehead atoms. The summed E-state index contributed by atoms with van der Waals surface area (Å²) in [6, 6.07) is 19.6. The number of halogens is 1. The first-order valence-corrected chi connectivity index (χ1v) is 17.3. The van der Waals surface area contributed by atoms with Gasteiger partial charge in [-0.25, -0.2) is 9.37 Å². The summed E-state index contributed by atoms with van der Waals surface area (Å²) in [5.41, 5.74) is 4.60. The van der Waals surface area contributed by atoms with Crippen LogP contribution < -0.4 is 5.32 Å². The molecular weight excluding hydrogens is 647 g/mol. The highest BCUT2D eigenvalue weighted by atomic mass is 19.1. The van der Waals surface area contributed by atoms with Gasteiger partial charge in [-0.2, -0.15) is 10.4 Å². The minimum absolute atomic E-state index is 0.0841. The second-order valence-corrected chi connectivity index (χ2v) is 14.2. The average molecular weight is 689 g/mol. The van der Waals surface area contributed by atoms with Crippen molar-refractivity contribution in [3.63, 3.8) is 0 Å². The SMILES string of the molecule is CN(C)C(=O)c1ccc2c(c1)CCc1cc(C(=O)N(C)C)ccc1C2(CCNCC(=O)N1[C@H](C#N)C[C@@H]2C[C@@H]21)c1nc(-c2ccc(F)cc2)n[nH]1. The maximum atomic E-state index is 13.9. The Labute approximate surface area is 296 Å². The Hall–Kier alpha value is -5.41. The van der Waals surface area contributed by atoms with Crippen LogP contribution in [0.15, 0.2) is 60.7 Å². The van der Waals surface area contributed by atoms with E-state index in [0.29, 0.717) is 60.1 Å². The zero-order valence-electron chi connectivity index (χ0n) is 29.2. The maximum Gasteiger partial charge on any atom is 0.253 e. The zero-order chi connectivity index (χ0) is 36.0. The number of nitrogens with zero attached hydrogens (tertiary/aromatic N) is 6. The average Bonchev–Trinajstić information content (AvgIpc) is 3.56. The monoisotopic (exact) mass is 688 g/mol. The van der Waals surface area contributed by atoms with E-state index in [2.05, 4.69) is 21.6 Å². The van der Waals surface area contributed by atoms with E-state index in [4.69, 9.17) is 4.98 Å². The molecule has 12 heteroatoms. The van der Waals surface area contributed by atoms with Gasteiger partial charge in [0, 0.05) is 50.9 Å². The maximum absolute atomic E-state index is 13.9. The molecule has 11 nitrogen and oxygen atoms in total. The van der Waals surface area contributed by atoms with Gasteiger partial charge in [0.05, 0.1) is 18.0 Å². The van der Waals surface area contributed by atoms with E-state index in [1.54, 1.807) is 55.0 Å². The third kappa shape index (κ3) is 6.16. The molecule has 3 aromatic carbocycles. The molecule has 3 aliphatic rings. The zero-order valence-corrected chi connectivity index (χ0v) is 29.2. The standard InChI is InChI=1S/C39H41FN8O3/c1-46(2)36(50)26-9-13-31-24(17-26)5-6-25-18-27(37(51)47(3)4)10-14-32(25)39(31,38-43-35(44-45-38)23-7-11-29(40)12-8-23)15-16-42-22-34(49)48-30(21-41)19-28-20-33(28)48/h7-14,17-18,28,30,33,42H,5-6,15-16,19-20,22H2,1-4H3,(H,43,44,45)/t28-,30+,33+/m1/s1. The van der Waals surface area contributed by atoms with Crippen LogP contribution in [-0.2, 0) is 23.1 Å². The molecule has 7 rings (SSSR count). The Kier molecular flexibility index (Phi) is 8.93. The van der Waals surface area contributed by atoms with Crippen molar-refractivity contribution in [2.75, 3.05) is 41.3 Å². The molecule has 0 spiro atoms. The van der Waals surface area contributed by atoms with E-state index < -0.39 is 5.41 Å². The van der Waals surface area contributed by atoms with Gasteiger partial charge in [-0.3, -0.25) is 19.5 Å². The molecule has 3 amide bonds. The summed E-state index contributed by atoms with van der Waals surface area (Å²) in [6.45, 7) is 0.480. The first-order valence-electron chi connectivity index (χ1n) is 17.3. The van der Waals surface area contributed by atoms with Crippen molar-refractivity contribution in [1.82, 2.24) is 35.2 Å². The first-order chi connectivity index (χ1) is 24.5. The number of nitrogens with one attached hydrogen (secondary N) is 2. The van der Waals surface area contributed by atoms with E-state index in [-0.39, 0.29) is 42.2 Å². The molecular formula is C39H41FN8O3. The summed E-state index contributed by atoms with van der Waals surface area (Å²) in [5, 5.41) is 20.9. The molecule has 0 unspecified atom stereocenters. The number of piperidine rings is 1. The lowest BCUT2D eigenvalue weighted by atomic mass is 9.69. The van der Waals surface area contributed by atoms with E-state index in [1.807, 2.05) is 36.4 Å². The summed E-state index contributed by atoms with van der Waals surface area (Å²) >= 11 is 0. The highest BCUT2D eigenvalue weighted by molar-refractivity contribution is 5.95. The lowest BCUT2D eigenvalue weighted by molar-refractivity contribution is -0.131. The predicted molar refractivity (Wildman–Crippen MR) is 188 cm³/mol. The van der Waals surface area contributed by atoms with Gasteiger partial charge in [-0.1, -0.05) is 12.1 Å². The molecule has 2 N–H and O–H groups in total. The summed E-state index contributed by atoms with van der Waals surface area (Å²) < 4.78 is 13.9. The number of rotatable bonds is 9. The van der Waals surface area contributed by atoms with Gasteiger partial charge < -0.3 is 20.0 Å². The minimum atomic E-state index is -0.952. The molecule has 51 heavy (non-hydrogen) atoms. The molecule has 1 aliphatic heterocycles. The van der Waals surface area contributed by atoms with Gasteiger partial charge in [0.2, 0.25) is 5.91 Å². The number of aryl methyl sites for hydroxylation is 2. The van der Waals surface area contributed by atoms with Crippen LogP contribution in [0.1, 0.15) is 68.1 Å². The van der Waals surface area contributed by atoms with Crippen molar-refractivity contribution in [2.45, 2.75) is 49.6 Å². The molecule has 1 saturated heterocycles. The van der Waals surface area contributed by atoms with Crippen LogP contribution in [0.4, 0.5) is 4.39 Å². The number of benzene rings is 3. The topological polar surface area (TPSA) is 138 Å². The number of H-pyrrole nitrogens is 1. The number of nitriles is 1. The second-order valence-electron chi connectivity index (χ2n) is 14.2. The van der Waals surface area contributed by atoms with Crippen molar-refractivity contribution in [2.24, 2.45) is 5.92 Å². The van der Waals surface area contributed by atoms with Crippen LogP contribution in [0.3, 0.4) is 0 Å². The normalized spacial score (nSPS) is 19.6. The second kappa shape index (κ2) is 13.4. The number of amides is 3. The van der Waals surface area contributed by atoms with Crippen LogP contribution in [-0.4, -0.2) is 101 Å². The van der Waals surface area contributed by atoms with E-state index >= 15 is 0 Å². The summed E-state index contributed by atoms with van der Waals surface area (Å²) in [6.07, 6.45) is 3.35. The third-order valence-corrected chi connectivity index (χ3v) is 10.6. The third-order valence-electron chi connectivity index (χ3n) is 10.6. The van der Waals surface area contributed by atoms with Crippen molar-refractivity contribution >= 4 is 17.7 Å². The highest BCUT2D eigenvalue weighted by Gasteiger charge is 2.54. The number of aromatic amines is 1. The van der Waals surface area contributed by atoms with E-state index in [9.17, 15) is 24.0 Å². The Balaban J connectivity index is 1.33. The van der Waals surface area contributed by atoms with Gasteiger partial charge in [0.1, 0.15) is 17.7 Å². The van der Waals surface area contributed by atoms with Crippen LogP contribution in [0, 0.1) is 23.1 Å². The molecule has 262 valence electrons. The summed E-state index contributed by atoms with van der Waals surface area (Å²) in [5.74, 6) is 0.694. The number of fused-ring (bicyclic) bond motifs is 3. The van der Waals surface area contributed by atoms with E-state index in [0.717, 1.165) is 35.1 Å². The molecule has 1 aromatic heterocycles. The lowest BCUT2D eigenvalue weighted by Crippen LogP contribution is -2.44. The van der Waals surface area contributed by atoms with Crippen molar-refractivity contribution in [1.29, 1.82) is 5.26 Å². The Bertz CT molecular complexity index is 1980. The number of carbonyl (C=O) groups is 3. The molecule has 1 saturated carbocycles. The molecule has 0 radical (unpaired) electrons. The number of likely N-dealkylation sites (tertiary alicyclic amines) is 1. The lowest BCUT2D eigenvalue weighted by Gasteiger charge is -2.35. The van der Waals surface area contributed by atoms with Crippen LogP contribution in [0.25, 0.3) is 11.4 Å². The first kappa shape index (κ1) is 34.1. The van der Waals surface area contributed by atoms with Crippen molar-refractivity contribution < 1.29 is 18.8 Å². The van der Waals surface area contributed by atoms with Gasteiger partial charge >= 0.3 is 0 Å². The van der Waals surface area contributed by atoms with Gasteiger partial charge in [0.15, 0.2) is 5.82 Å². The van der Waals surface area contributed by atoms with Crippen LogP contribution in [0.5, 0.6) is 0 Å². The summed E-state index contributed by atoms with van der Waals surface area (Å²) in [7, 11) is 6.89. The van der Waals surface area contributed by atoms with Crippen molar-refractivity contribution in [3.8, 4) is 17.5 Å². The van der Waals surface area contributed by atoms with Crippen LogP contribution in [0.2, 0.25) is 0 Å². The smallest absolute Gasteiger partial charge is 0.253 e. The fourth-order valence-electron chi connectivity index (χ4n) is 7.95. The van der Waals surface area contributed by atoms with Gasteiger partial charge in [-0.05, 0) is 115 Å². The Morgan fingerprint density at radius 3 is 2.12 bits per heavy atom. The highest BCUT2D eigenvalue weighted by Crippen LogP contribution is 2.48. The number of carbonyl (C=O) groups excluding carboxylic acids is 3. The largest absolute Gasteiger partial charge is 0.345 e. The number of aromatic nitrogens is 3. The fourth-order valence-corrected chi connectivity index (χ4v) is 7.95. The molecule has 2 aliphatic carbocycles. The number of hydrogen-bond acceptors (Lipinski definition) is 7. The van der Waals surface area contributed by atoms with Gasteiger partial charge in [0.25, 0.3) is 11.8 Å². The quantitative estimate of drug-likeness (QED) is 0.254. The molecule has 2 heterocycles. The summed E-state index contributed by atoms with van der Waals surface area (Å²) in [4.78, 5) is 49.6. The molecule has 3 atom stereocenters. The predicted octanol–water partition coefficient (Wildman–Crippen LogP) is 3.94. The van der Waals surface area contributed by atoms with Gasteiger partial charge in [-0.15, -0.1) is 0 Å². The van der Waals surface area contributed by atoms with Crippen LogP contribution >= 0.6 is 0 Å². The van der Waals surface area contributed by atoms with Crippen molar-refractivity contribution in [3.05, 3.63) is 106 Å².